The normalized spacial score (nSPS) is 18.6. The van der Waals surface area contributed by atoms with Crippen LogP contribution in [-0.2, 0) is 16.8 Å². The summed E-state index contributed by atoms with van der Waals surface area (Å²) in [4.78, 5) is 19.5. The van der Waals surface area contributed by atoms with E-state index in [-0.39, 0.29) is 11.7 Å². The summed E-state index contributed by atoms with van der Waals surface area (Å²) >= 11 is 15.5. The van der Waals surface area contributed by atoms with Crippen LogP contribution in [0.3, 0.4) is 0 Å². The van der Waals surface area contributed by atoms with E-state index in [1.807, 2.05) is 18.4 Å². The number of carbonyl (C=O) groups is 1. The SMILES string of the molecule is Cc1cnc2n1[C@](C)(Cc1ccc(Br)c(F)c1)C(=O)N2c1cc(Cl)cc(Cl)c1. The molecule has 0 fully saturated rings. The highest BCUT2D eigenvalue weighted by molar-refractivity contribution is 9.10. The number of amides is 1. The molecule has 4 nitrogen and oxygen atoms in total. The molecule has 1 amide bonds. The van der Waals surface area contributed by atoms with Gasteiger partial charge in [0, 0.05) is 22.2 Å². The van der Waals surface area contributed by atoms with Gasteiger partial charge < -0.3 is 0 Å². The van der Waals surface area contributed by atoms with Crippen LogP contribution in [0.4, 0.5) is 16.0 Å². The van der Waals surface area contributed by atoms with Gasteiger partial charge in [-0.3, -0.25) is 9.36 Å². The number of nitrogens with zero attached hydrogens (tertiary/aromatic N) is 3. The van der Waals surface area contributed by atoms with E-state index < -0.39 is 5.54 Å². The van der Waals surface area contributed by atoms with E-state index in [9.17, 15) is 9.18 Å². The zero-order valence-corrected chi connectivity index (χ0v) is 18.1. The van der Waals surface area contributed by atoms with Crippen molar-refractivity contribution in [1.82, 2.24) is 9.55 Å². The molecule has 0 N–H and O–H groups in total. The Morgan fingerprint density at radius 1 is 1.18 bits per heavy atom. The molecule has 1 aliphatic heterocycles. The van der Waals surface area contributed by atoms with E-state index in [4.69, 9.17) is 23.2 Å². The number of anilines is 2. The molecule has 144 valence electrons. The Labute approximate surface area is 180 Å². The molecule has 4 rings (SSSR count). The molecule has 0 unspecified atom stereocenters. The first-order chi connectivity index (χ1) is 13.2. The molecule has 1 aromatic heterocycles. The van der Waals surface area contributed by atoms with Crippen molar-refractivity contribution in [3.05, 3.63) is 74.2 Å². The number of aromatic nitrogens is 2. The molecule has 3 aromatic rings. The summed E-state index contributed by atoms with van der Waals surface area (Å²) in [7, 11) is 0. The van der Waals surface area contributed by atoms with Crippen LogP contribution in [0.5, 0.6) is 0 Å². The van der Waals surface area contributed by atoms with Crippen molar-refractivity contribution in [3.8, 4) is 0 Å². The fourth-order valence-corrected chi connectivity index (χ4v) is 4.48. The number of fused-ring (bicyclic) bond motifs is 1. The molecule has 1 aliphatic rings. The van der Waals surface area contributed by atoms with Crippen molar-refractivity contribution in [3.63, 3.8) is 0 Å². The Bertz CT molecular complexity index is 1100. The first kappa shape index (κ1) is 19.4. The molecular weight excluding hydrogens is 468 g/mol. The minimum absolute atomic E-state index is 0.180. The number of imidazole rings is 1. The summed E-state index contributed by atoms with van der Waals surface area (Å²) < 4.78 is 16.3. The topological polar surface area (TPSA) is 38.1 Å². The third-order valence-corrected chi connectivity index (χ3v) is 5.99. The van der Waals surface area contributed by atoms with Gasteiger partial charge in [-0.25, -0.2) is 14.3 Å². The fourth-order valence-electron chi connectivity index (χ4n) is 3.72. The van der Waals surface area contributed by atoms with Crippen LogP contribution in [0, 0.1) is 12.7 Å². The zero-order chi connectivity index (χ0) is 20.2. The van der Waals surface area contributed by atoms with Crippen molar-refractivity contribution >= 4 is 56.7 Å². The number of hydrogen-bond acceptors (Lipinski definition) is 2. The molecule has 0 aliphatic carbocycles. The van der Waals surface area contributed by atoms with Gasteiger partial charge in [0.25, 0.3) is 5.91 Å². The second kappa shape index (κ2) is 6.87. The maximum Gasteiger partial charge on any atom is 0.260 e. The fraction of sp³-hybridized carbons (Fsp3) is 0.200. The molecule has 8 heteroatoms. The molecule has 0 bridgehead atoms. The quantitative estimate of drug-likeness (QED) is 0.456. The number of carbonyl (C=O) groups excluding carboxylic acids is 1. The summed E-state index contributed by atoms with van der Waals surface area (Å²) in [6.45, 7) is 3.72. The standard InChI is InChI=1S/C20H15BrCl2FN3O/c1-11-10-25-19-26(15-7-13(22)6-14(23)8-15)18(28)20(2,27(11)19)9-12-3-4-16(21)17(24)5-12/h3-8,10H,9H2,1-2H3/t20-/m1/s1. The van der Waals surface area contributed by atoms with E-state index in [2.05, 4.69) is 20.9 Å². The number of benzene rings is 2. The average Bonchev–Trinajstić information content (AvgIpc) is 3.08. The van der Waals surface area contributed by atoms with Gasteiger partial charge in [0.05, 0.1) is 16.4 Å². The van der Waals surface area contributed by atoms with Crippen LogP contribution in [0.1, 0.15) is 18.2 Å². The number of halogens is 4. The molecular formula is C20H15BrCl2FN3O. The van der Waals surface area contributed by atoms with E-state index >= 15 is 0 Å². The van der Waals surface area contributed by atoms with E-state index in [1.165, 1.54) is 11.0 Å². The summed E-state index contributed by atoms with van der Waals surface area (Å²) in [5.74, 6) is -0.0612. The highest BCUT2D eigenvalue weighted by atomic mass is 79.9. The van der Waals surface area contributed by atoms with Gasteiger partial charge in [-0.1, -0.05) is 29.3 Å². The van der Waals surface area contributed by atoms with Gasteiger partial charge in [0.2, 0.25) is 5.95 Å². The van der Waals surface area contributed by atoms with Crippen LogP contribution < -0.4 is 4.90 Å². The molecule has 0 saturated carbocycles. The van der Waals surface area contributed by atoms with Gasteiger partial charge in [-0.15, -0.1) is 0 Å². The van der Waals surface area contributed by atoms with Crippen LogP contribution in [0.15, 0.2) is 47.1 Å². The van der Waals surface area contributed by atoms with Crippen molar-refractivity contribution in [2.24, 2.45) is 0 Å². The third-order valence-electron chi connectivity index (χ3n) is 4.91. The molecule has 1 atom stereocenters. The minimum Gasteiger partial charge on any atom is -0.299 e. The second-order valence-electron chi connectivity index (χ2n) is 7.00. The molecule has 28 heavy (non-hydrogen) atoms. The smallest absolute Gasteiger partial charge is 0.260 e. The maximum atomic E-state index is 14.0. The van der Waals surface area contributed by atoms with Crippen molar-refractivity contribution < 1.29 is 9.18 Å². The van der Waals surface area contributed by atoms with Crippen molar-refractivity contribution in [1.29, 1.82) is 0 Å². The number of aryl methyl sites for hydroxylation is 1. The molecule has 0 radical (unpaired) electrons. The first-order valence-electron chi connectivity index (χ1n) is 8.50. The minimum atomic E-state index is -0.967. The Morgan fingerprint density at radius 2 is 1.86 bits per heavy atom. The lowest BCUT2D eigenvalue weighted by Gasteiger charge is -2.26. The van der Waals surface area contributed by atoms with Crippen molar-refractivity contribution in [2.45, 2.75) is 25.8 Å². The Hall–Kier alpha value is -1.89. The summed E-state index contributed by atoms with van der Waals surface area (Å²) in [5, 5.41) is 0.849. The molecule has 0 saturated heterocycles. The van der Waals surface area contributed by atoms with Crippen LogP contribution in [-0.4, -0.2) is 15.5 Å². The Morgan fingerprint density at radius 3 is 2.50 bits per heavy atom. The van der Waals surface area contributed by atoms with Crippen LogP contribution in [0.25, 0.3) is 0 Å². The van der Waals surface area contributed by atoms with Gasteiger partial charge in [-0.05, 0) is 65.7 Å². The largest absolute Gasteiger partial charge is 0.299 e. The lowest BCUT2D eigenvalue weighted by atomic mass is 9.91. The van der Waals surface area contributed by atoms with Gasteiger partial charge in [0.1, 0.15) is 11.4 Å². The van der Waals surface area contributed by atoms with E-state index in [0.29, 0.717) is 38.1 Å². The first-order valence-corrected chi connectivity index (χ1v) is 10.0. The predicted molar refractivity (Wildman–Crippen MR) is 112 cm³/mol. The summed E-state index contributed by atoms with van der Waals surface area (Å²) in [6, 6.07) is 9.83. The molecule has 0 spiro atoms. The number of hydrogen-bond donors (Lipinski definition) is 0. The molecule has 2 aromatic carbocycles. The van der Waals surface area contributed by atoms with E-state index in [1.54, 1.807) is 36.5 Å². The maximum absolute atomic E-state index is 14.0. The monoisotopic (exact) mass is 481 g/mol. The Kier molecular flexibility index (Phi) is 4.76. The summed E-state index contributed by atoms with van der Waals surface area (Å²) in [6.07, 6.45) is 2.02. The number of rotatable bonds is 3. The summed E-state index contributed by atoms with van der Waals surface area (Å²) in [5.41, 5.74) is 1.12. The molecule has 2 heterocycles. The second-order valence-corrected chi connectivity index (χ2v) is 8.73. The van der Waals surface area contributed by atoms with Crippen LogP contribution >= 0.6 is 39.1 Å². The zero-order valence-electron chi connectivity index (χ0n) is 15.0. The lowest BCUT2D eigenvalue weighted by molar-refractivity contribution is -0.124. The van der Waals surface area contributed by atoms with Gasteiger partial charge >= 0.3 is 0 Å². The third kappa shape index (κ3) is 3.04. The average molecular weight is 483 g/mol. The van der Waals surface area contributed by atoms with Crippen molar-refractivity contribution in [2.75, 3.05) is 4.90 Å². The van der Waals surface area contributed by atoms with Gasteiger partial charge in [0.15, 0.2) is 0 Å². The lowest BCUT2D eigenvalue weighted by Crippen LogP contribution is -2.41. The van der Waals surface area contributed by atoms with E-state index in [0.717, 1.165) is 5.69 Å². The Balaban J connectivity index is 1.83. The van der Waals surface area contributed by atoms with Crippen LogP contribution in [0.2, 0.25) is 10.0 Å². The highest BCUT2D eigenvalue weighted by Crippen LogP contribution is 2.43. The predicted octanol–water partition coefficient (Wildman–Crippen LogP) is 6.04. The highest BCUT2D eigenvalue weighted by Gasteiger charge is 2.49. The van der Waals surface area contributed by atoms with Gasteiger partial charge in [-0.2, -0.15) is 0 Å².